The minimum atomic E-state index is -0.586. The molecule has 4 rings (SSSR count). The predicted molar refractivity (Wildman–Crippen MR) is 131 cm³/mol. The quantitative estimate of drug-likeness (QED) is 0.557. The molecule has 1 unspecified atom stereocenters. The fraction of sp³-hybridized carbons (Fsp3) is 0.360. The molecule has 0 saturated carbocycles. The number of primary amides is 1. The molecule has 3 heterocycles. The van der Waals surface area contributed by atoms with Gasteiger partial charge < -0.3 is 25.0 Å². The second kappa shape index (κ2) is 11.1. The highest BCUT2D eigenvalue weighted by Crippen LogP contribution is 2.30. The van der Waals surface area contributed by atoms with Crippen molar-refractivity contribution in [3.8, 4) is 11.1 Å². The number of halogens is 1. The summed E-state index contributed by atoms with van der Waals surface area (Å²) in [4.78, 5) is 44.7. The molecular weight excluding hydrogens is 469 g/mol. The molecule has 190 valence electrons. The van der Waals surface area contributed by atoms with Crippen LogP contribution in [-0.2, 0) is 14.3 Å². The Morgan fingerprint density at radius 1 is 1.22 bits per heavy atom. The maximum absolute atomic E-state index is 15.0. The summed E-state index contributed by atoms with van der Waals surface area (Å²) in [5.74, 6) is -0.232. The molecule has 11 heteroatoms. The summed E-state index contributed by atoms with van der Waals surface area (Å²) in [6.07, 6.45) is 2.15. The van der Waals surface area contributed by atoms with Crippen LogP contribution in [0.1, 0.15) is 12.8 Å². The van der Waals surface area contributed by atoms with Gasteiger partial charge in [-0.05, 0) is 36.8 Å². The monoisotopic (exact) mass is 497 g/mol. The molecule has 2 aliphatic heterocycles. The highest BCUT2D eigenvalue weighted by molar-refractivity contribution is 5.90. The number of aromatic nitrogens is 1. The Morgan fingerprint density at radius 2 is 2.00 bits per heavy atom. The van der Waals surface area contributed by atoms with Crippen molar-refractivity contribution in [2.75, 3.05) is 49.1 Å². The highest BCUT2D eigenvalue weighted by atomic mass is 19.1. The summed E-state index contributed by atoms with van der Waals surface area (Å²) in [6, 6.07) is 8.13. The molecule has 36 heavy (non-hydrogen) atoms. The predicted octanol–water partition coefficient (Wildman–Crippen LogP) is 2.92. The van der Waals surface area contributed by atoms with Crippen LogP contribution in [-0.4, -0.2) is 73.4 Å². The van der Waals surface area contributed by atoms with Gasteiger partial charge in [0, 0.05) is 49.9 Å². The number of ether oxygens (including phenoxy) is 2. The first-order valence-electron chi connectivity index (χ1n) is 11.7. The number of nitrogens with two attached hydrogens (primary N) is 1. The number of hydrogen-bond donors (Lipinski definition) is 1. The third kappa shape index (κ3) is 5.73. The molecule has 0 aliphatic carbocycles. The standard InChI is InChI=1S/C25H28FN5O5/c1-2-13-35-24(33)30-11-9-29(10-12-30)23-8-3-17(15-28-23)20-6-4-18(14-21(20)26)31-16-19(36-25(31)34)5-7-22(27)32/h2-4,6,8,14-15,19H,1,5,7,9-13,16H2,(H2,27,32). The molecule has 2 fully saturated rings. The number of anilines is 2. The number of carbonyl (C=O) groups is 3. The van der Waals surface area contributed by atoms with Gasteiger partial charge in [0.05, 0.1) is 12.2 Å². The molecule has 2 aromatic rings. The summed E-state index contributed by atoms with van der Waals surface area (Å²) in [6.45, 7) is 6.16. The van der Waals surface area contributed by atoms with Gasteiger partial charge in [0.2, 0.25) is 5.91 Å². The summed E-state index contributed by atoms with van der Waals surface area (Å²) >= 11 is 0. The van der Waals surface area contributed by atoms with Gasteiger partial charge in [0.15, 0.2) is 0 Å². The van der Waals surface area contributed by atoms with E-state index in [0.717, 1.165) is 5.82 Å². The molecule has 1 aromatic heterocycles. The van der Waals surface area contributed by atoms with E-state index in [1.165, 1.54) is 17.0 Å². The zero-order chi connectivity index (χ0) is 25.7. The Morgan fingerprint density at radius 3 is 2.64 bits per heavy atom. The third-order valence-corrected chi connectivity index (χ3v) is 6.10. The SMILES string of the molecule is C=CCOC(=O)N1CCN(c2ccc(-c3ccc(N4CC(CCC(N)=O)OC4=O)cc3F)cn2)CC1. The van der Waals surface area contributed by atoms with E-state index in [-0.39, 0.29) is 25.7 Å². The lowest BCUT2D eigenvalue weighted by atomic mass is 10.1. The van der Waals surface area contributed by atoms with E-state index in [9.17, 15) is 18.8 Å². The maximum atomic E-state index is 15.0. The maximum Gasteiger partial charge on any atom is 0.414 e. The molecule has 1 atom stereocenters. The summed E-state index contributed by atoms with van der Waals surface area (Å²) in [7, 11) is 0. The van der Waals surface area contributed by atoms with E-state index in [0.29, 0.717) is 49.4 Å². The van der Waals surface area contributed by atoms with Crippen molar-refractivity contribution in [1.29, 1.82) is 0 Å². The van der Waals surface area contributed by atoms with E-state index in [1.54, 1.807) is 29.3 Å². The largest absolute Gasteiger partial charge is 0.445 e. The van der Waals surface area contributed by atoms with Gasteiger partial charge >= 0.3 is 12.2 Å². The molecule has 10 nitrogen and oxygen atoms in total. The van der Waals surface area contributed by atoms with Crippen LogP contribution in [0.3, 0.4) is 0 Å². The van der Waals surface area contributed by atoms with Gasteiger partial charge in [0.1, 0.15) is 24.3 Å². The number of hydrogen-bond acceptors (Lipinski definition) is 7. The normalized spacial score (nSPS) is 17.6. The van der Waals surface area contributed by atoms with Crippen LogP contribution < -0.4 is 15.5 Å². The Labute approximate surface area is 208 Å². The first-order chi connectivity index (χ1) is 17.4. The van der Waals surface area contributed by atoms with E-state index in [1.807, 2.05) is 11.0 Å². The molecule has 2 aliphatic rings. The van der Waals surface area contributed by atoms with E-state index < -0.39 is 23.9 Å². The van der Waals surface area contributed by atoms with Gasteiger partial charge in [-0.1, -0.05) is 12.7 Å². The molecule has 3 amide bonds. The smallest absolute Gasteiger partial charge is 0.414 e. The van der Waals surface area contributed by atoms with Crippen molar-refractivity contribution in [1.82, 2.24) is 9.88 Å². The van der Waals surface area contributed by atoms with Crippen LogP contribution in [0.15, 0.2) is 49.2 Å². The van der Waals surface area contributed by atoms with Crippen molar-refractivity contribution in [2.45, 2.75) is 18.9 Å². The number of benzene rings is 1. The van der Waals surface area contributed by atoms with Crippen molar-refractivity contribution in [3.63, 3.8) is 0 Å². The van der Waals surface area contributed by atoms with Crippen LogP contribution in [0.5, 0.6) is 0 Å². The van der Waals surface area contributed by atoms with Crippen molar-refractivity contribution in [3.05, 3.63) is 55.0 Å². The number of piperazine rings is 1. The first-order valence-corrected chi connectivity index (χ1v) is 11.7. The van der Waals surface area contributed by atoms with E-state index in [4.69, 9.17) is 15.2 Å². The number of carbonyl (C=O) groups excluding carboxylic acids is 3. The average molecular weight is 498 g/mol. The molecule has 0 radical (unpaired) electrons. The molecule has 2 N–H and O–H groups in total. The molecule has 2 saturated heterocycles. The van der Waals surface area contributed by atoms with Crippen LogP contribution in [0.4, 0.5) is 25.5 Å². The number of rotatable bonds is 8. The molecule has 1 aromatic carbocycles. The second-order valence-corrected chi connectivity index (χ2v) is 8.53. The van der Waals surface area contributed by atoms with Crippen molar-refractivity contribution >= 4 is 29.6 Å². The van der Waals surface area contributed by atoms with Gasteiger partial charge in [0.25, 0.3) is 0 Å². The van der Waals surface area contributed by atoms with Gasteiger partial charge in [-0.3, -0.25) is 9.69 Å². The highest BCUT2D eigenvalue weighted by Gasteiger charge is 2.32. The zero-order valence-corrected chi connectivity index (χ0v) is 19.8. The van der Waals surface area contributed by atoms with Crippen LogP contribution in [0.2, 0.25) is 0 Å². The second-order valence-electron chi connectivity index (χ2n) is 8.53. The lowest BCUT2D eigenvalue weighted by Gasteiger charge is -2.34. The first kappa shape index (κ1) is 25.0. The average Bonchev–Trinajstić information content (AvgIpc) is 3.26. The lowest BCUT2D eigenvalue weighted by molar-refractivity contribution is -0.118. The summed E-state index contributed by atoms with van der Waals surface area (Å²) in [5.41, 5.74) is 6.47. The van der Waals surface area contributed by atoms with Crippen LogP contribution >= 0.6 is 0 Å². The fourth-order valence-electron chi connectivity index (χ4n) is 4.16. The van der Waals surface area contributed by atoms with Crippen molar-refractivity contribution < 1.29 is 28.2 Å². The van der Waals surface area contributed by atoms with Gasteiger partial charge in [-0.25, -0.2) is 19.0 Å². The minimum absolute atomic E-state index is 0.111. The Kier molecular flexibility index (Phi) is 7.67. The molecule has 0 spiro atoms. The Bertz CT molecular complexity index is 1130. The van der Waals surface area contributed by atoms with Crippen LogP contribution in [0.25, 0.3) is 11.1 Å². The minimum Gasteiger partial charge on any atom is -0.445 e. The van der Waals surface area contributed by atoms with Crippen LogP contribution in [0, 0.1) is 5.82 Å². The van der Waals surface area contributed by atoms with Gasteiger partial charge in [-0.2, -0.15) is 0 Å². The number of nitrogens with zero attached hydrogens (tertiary/aromatic N) is 4. The fourth-order valence-corrected chi connectivity index (χ4v) is 4.16. The topological polar surface area (TPSA) is 118 Å². The Hall–Kier alpha value is -4.15. The van der Waals surface area contributed by atoms with E-state index >= 15 is 0 Å². The Balaban J connectivity index is 1.37. The summed E-state index contributed by atoms with van der Waals surface area (Å²) in [5, 5.41) is 0. The number of pyridine rings is 1. The number of cyclic esters (lactones) is 1. The van der Waals surface area contributed by atoms with Crippen molar-refractivity contribution in [2.24, 2.45) is 5.73 Å². The summed E-state index contributed by atoms with van der Waals surface area (Å²) < 4.78 is 25.3. The van der Waals surface area contributed by atoms with E-state index in [2.05, 4.69) is 11.6 Å². The number of amides is 3. The molecule has 0 bridgehead atoms. The zero-order valence-electron chi connectivity index (χ0n) is 19.8. The third-order valence-electron chi connectivity index (χ3n) is 6.10. The van der Waals surface area contributed by atoms with Gasteiger partial charge in [-0.15, -0.1) is 0 Å². The lowest BCUT2D eigenvalue weighted by Crippen LogP contribution is -2.49. The molecular formula is C25H28FN5O5.